The summed E-state index contributed by atoms with van der Waals surface area (Å²) < 4.78 is 13.5. The van der Waals surface area contributed by atoms with Crippen molar-refractivity contribution in [2.45, 2.75) is 0 Å². The molecular weight excluding hydrogens is 301 g/mol. The van der Waals surface area contributed by atoms with Gasteiger partial charge < -0.3 is 11.4 Å². The molecule has 6 nitrogen and oxygen atoms in total. The fraction of sp³-hybridized carbons (Fsp3) is 0.500. The Balaban J connectivity index is 4.31. The van der Waals surface area contributed by atoms with Crippen LogP contribution < -0.4 is 0 Å². The quantitative estimate of drug-likeness (QED) is 0.519. The molecule has 0 aromatic rings. The lowest BCUT2D eigenvalue weighted by atomic mass is 10.8. The summed E-state index contributed by atoms with van der Waals surface area (Å²) in [6.45, 7) is 0. The molecule has 0 rings (SSSR count). The van der Waals surface area contributed by atoms with Gasteiger partial charge in [-0.3, -0.25) is 14.4 Å². The number of carbonyl (C=O) groups is 3. The molecule has 0 aliphatic rings. The van der Waals surface area contributed by atoms with E-state index < -0.39 is 50.7 Å². The lowest BCUT2D eigenvalue weighted by Crippen LogP contribution is -2.35. The Hall–Kier alpha value is -0.188. The SMILES string of the molecule is O=C(CCl)[O][Al]([O]C(=O)CCl)[O]C(=O)CCl. The van der Waals surface area contributed by atoms with Gasteiger partial charge in [-0.2, -0.15) is 0 Å². The molecule has 90 valence electrons. The summed E-state index contributed by atoms with van der Waals surface area (Å²) in [7, 11) is 0. The average molecular weight is 307 g/mol. The molecule has 0 aromatic carbocycles. The van der Waals surface area contributed by atoms with Crippen molar-refractivity contribution in [2.75, 3.05) is 17.6 Å². The van der Waals surface area contributed by atoms with Crippen LogP contribution in [0.1, 0.15) is 0 Å². The molecule has 0 fully saturated rings. The topological polar surface area (TPSA) is 78.9 Å². The standard InChI is InChI=1S/3C2H3ClO2.Al/c3*3-1-2(4)5;/h3*1H2,(H,4,5);/q;;;+3/p-3. The molecule has 0 unspecified atom stereocenters. The number of carbonyl (C=O) groups excluding carboxylic acids is 3. The molecule has 0 N–H and O–H groups in total. The molecule has 0 bridgehead atoms. The van der Waals surface area contributed by atoms with Crippen LogP contribution in [0.3, 0.4) is 0 Å². The summed E-state index contributed by atoms with van der Waals surface area (Å²) >= 11 is 12.2. The zero-order chi connectivity index (χ0) is 12.6. The third kappa shape index (κ3) is 7.15. The highest BCUT2D eigenvalue weighted by atomic mass is 35.5. The first-order valence-corrected chi connectivity index (χ1v) is 6.81. The molecule has 0 aliphatic carbocycles. The zero-order valence-electron chi connectivity index (χ0n) is 7.78. The van der Waals surface area contributed by atoms with Gasteiger partial charge in [0.25, 0.3) is 17.9 Å². The normalized spacial score (nSPS) is 9.19. The van der Waals surface area contributed by atoms with E-state index in [1.165, 1.54) is 0 Å². The van der Waals surface area contributed by atoms with Gasteiger partial charge in [-0.25, -0.2) is 0 Å². The second-order valence-electron chi connectivity index (χ2n) is 2.16. The molecule has 0 aromatic heterocycles. The molecule has 0 spiro atoms. The van der Waals surface area contributed by atoms with Crippen LogP contribution in [0.2, 0.25) is 0 Å². The van der Waals surface area contributed by atoms with Crippen molar-refractivity contribution in [3.05, 3.63) is 0 Å². The van der Waals surface area contributed by atoms with Crippen molar-refractivity contribution < 1.29 is 25.7 Å². The van der Waals surface area contributed by atoms with Crippen molar-refractivity contribution in [1.29, 1.82) is 0 Å². The van der Waals surface area contributed by atoms with Crippen LogP contribution >= 0.6 is 34.8 Å². The average Bonchev–Trinajstić information content (AvgIpc) is 2.28. The second kappa shape index (κ2) is 8.91. The maximum atomic E-state index is 10.8. The van der Waals surface area contributed by atoms with E-state index in [1.54, 1.807) is 0 Å². The summed E-state index contributed by atoms with van der Waals surface area (Å²) in [5.74, 6) is -3.99. The molecule has 0 aliphatic heterocycles. The number of alkyl halides is 3. The van der Waals surface area contributed by atoms with E-state index in [0.717, 1.165) is 0 Å². The van der Waals surface area contributed by atoms with Crippen molar-refractivity contribution in [1.82, 2.24) is 0 Å². The third-order valence-electron chi connectivity index (χ3n) is 1.01. The summed E-state index contributed by atoms with van der Waals surface area (Å²) in [6, 6.07) is 0. The monoisotopic (exact) mass is 306 g/mol. The smallest absolute Gasteiger partial charge is 0.550 e. The van der Waals surface area contributed by atoms with Gasteiger partial charge in [0, 0.05) is 0 Å². The number of hydrogen-bond acceptors (Lipinski definition) is 6. The van der Waals surface area contributed by atoms with Gasteiger partial charge in [-0.1, -0.05) is 0 Å². The fourth-order valence-corrected chi connectivity index (χ4v) is 2.03. The Bertz CT molecular complexity index is 230. The molecular formula is C6H6AlCl3O6. The lowest BCUT2D eigenvalue weighted by Gasteiger charge is -2.10. The Labute approximate surface area is 111 Å². The highest BCUT2D eigenvalue weighted by Crippen LogP contribution is 1.98. The maximum Gasteiger partial charge on any atom is 1.20 e. The first-order chi connectivity index (χ1) is 7.53. The van der Waals surface area contributed by atoms with E-state index in [4.69, 9.17) is 34.8 Å². The van der Waals surface area contributed by atoms with Gasteiger partial charge in [0.2, 0.25) is 0 Å². The predicted octanol–water partition coefficient (Wildman–Crippen LogP) is 0.317. The van der Waals surface area contributed by atoms with E-state index in [1.807, 2.05) is 0 Å². The van der Waals surface area contributed by atoms with E-state index in [0.29, 0.717) is 0 Å². The van der Waals surface area contributed by atoms with Crippen LogP contribution in [-0.2, 0) is 25.7 Å². The molecule has 0 amide bonds. The Morgan fingerprint density at radius 2 is 1.00 bits per heavy atom. The second-order valence-corrected chi connectivity index (χ2v) is 4.25. The first kappa shape index (κ1) is 15.8. The van der Waals surface area contributed by atoms with Crippen molar-refractivity contribution in [2.24, 2.45) is 0 Å². The highest BCUT2D eigenvalue weighted by molar-refractivity contribution is 6.47. The summed E-state index contributed by atoms with van der Waals surface area (Å²) in [6.07, 6.45) is 0. The molecule has 0 atom stereocenters. The van der Waals surface area contributed by atoms with Crippen LogP contribution in [0.4, 0.5) is 0 Å². The Morgan fingerprint density at radius 3 is 1.19 bits per heavy atom. The van der Waals surface area contributed by atoms with Crippen LogP contribution in [0.25, 0.3) is 0 Å². The van der Waals surface area contributed by atoms with Gasteiger partial charge >= 0.3 is 15.1 Å². The predicted molar refractivity (Wildman–Crippen MR) is 56.2 cm³/mol. The minimum absolute atomic E-state index is 0.458. The van der Waals surface area contributed by atoms with E-state index in [9.17, 15) is 14.4 Å². The van der Waals surface area contributed by atoms with Crippen LogP contribution in [-0.4, -0.2) is 50.7 Å². The minimum Gasteiger partial charge on any atom is -0.550 e. The van der Waals surface area contributed by atoms with Gasteiger partial charge in [-0.05, 0) is 0 Å². The zero-order valence-corrected chi connectivity index (χ0v) is 11.2. The summed E-state index contributed by atoms with van der Waals surface area (Å²) in [5.41, 5.74) is 0. The molecule has 0 heterocycles. The van der Waals surface area contributed by atoms with E-state index >= 15 is 0 Å². The first-order valence-electron chi connectivity index (χ1n) is 3.79. The van der Waals surface area contributed by atoms with E-state index in [-0.39, 0.29) is 0 Å². The molecule has 0 saturated heterocycles. The van der Waals surface area contributed by atoms with Crippen molar-refractivity contribution >= 4 is 67.9 Å². The van der Waals surface area contributed by atoms with Gasteiger partial charge in [0.15, 0.2) is 0 Å². The fourth-order valence-electron chi connectivity index (χ4n) is 0.489. The van der Waals surface area contributed by atoms with Gasteiger partial charge in [0.05, 0.1) is 0 Å². The van der Waals surface area contributed by atoms with Gasteiger partial charge in [-0.15, -0.1) is 34.8 Å². The van der Waals surface area contributed by atoms with Crippen LogP contribution in [0.15, 0.2) is 0 Å². The van der Waals surface area contributed by atoms with Crippen molar-refractivity contribution in [3.63, 3.8) is 0 Å². The van der Waals surface area contributed by atoms with E-state index in [2.05, 4.69) is 11.4 Å². The number of halogens is 3. The van der Waals surface area contributed by atoms with Crippen LogP contribution in [0, 0.1) is 0 Å². The third-order valence-corrected chi connectivity index (χ3v) is 3.03. The summed E-state index contributed by atoms with van der Waals surface area (Å²) in [4.78, 5) is 32.4. The number of hydrogen-bond donors (Lipinski definition) is 0. The Morgan fingerprint density at radius 1 is 0.750 bits per heavy atom. The molecule has 0 radical (unpaired) electrons. The van der Waals surface area contributed by atoms with Gasteiger partial charge in [0.1, 0.15) is 17.6 Å². The van der Waals surface area contributed by atoms with Crippen LogP contribution in [0.5, 0.6) is 0 Å². The maximum absolute atomic E-state index is 10.8. The number of rotatable bonds is 6. The van der Waals surface area contributed by atoms with Crippen molar-refractivity contribution in [3.8, 4) is 0 Å². The highest BCUT2D eigenvalue weighted by Gasteiger charge is 2.48. The molecule has 16 heavy (non-hydrogen) atoms. The Kier molecular flexibility index (Phi) is 8.80. The lowest BCUT2D eigenvalue weighted by molar-refractivity contribution is -0.144. The molecule has 10 heteroatoms. The minimum atomic E-state index is -3.26. The molecule has 0 saturated carbocycles. The largest absolute Gasteiger partial charge is 1.20 e. The summed E-state index contributed by atoms with van der Waals surface area (Å²) in [5, 5.41) is 0.